The zero-order chi connectivity index (χ0) is 7.40. The minimum absolute atomic E-state index is 0.169. The third kappa shape index (κ3) is 1.54. The van der Waals surface area contributed by atoms with Gasteiger partial charge in [0.2, 0.25) is 0 Å². The molecule has 0 bridgehead atoms. The van der Waals surface area contributed by atoms with E-state index in [1.54, 1.807) is 19.5 Å². The highest BCUT2D eigenvalue weighted by molar-refractivity contribution is 5.12. The molecule has 1 aromatic heterocycles. The van der Waals surface area contributed by atoms with Crippen LogP contribution in [-0.4, -0.2) is 12.1 Å². The Balaban J connectivity index is 2.75. The number of pyridine rings is 1. The number of methoxy groups -OCH3 is 1. The summed E-state index contributed by atoms with van der Waals surface area (Å²) in [4.78, 5) is 3.91. The molecule has 0 saturated heterocycles. The monoisotopic (exact) mass is 137 g/mol. The van der Waals surface area contributed by atoms with E-state index in [0.717, 1.165) is 5.56 Å². The lowest BCUT2D eigenvalue weighted by Crippen LogP contribution is -1.94. The Morgan fingerprint density at radius 1 is 1.40 bits per heavy atom. The molecule has 1 heterocycles. The molecule has 2 nitrogen and oxygen atoms in total. The molecule has 54 valence electrons. The van der Waals surface area contributed by atoms with Crippen molar-refractivity contribution < 1.29 is 4.74 Å². The van der Waals surface area contributed by atoms with Gasteiger partial charge in [-0.25, -0.2) is 0 Å². The summed E-state index contributed by atoms with van der Waals surface area (Å²) in [7, 11) is 1.70. The van der Waals surface area contributed by atoms with E-state index in [0.29, 0.717) is 0 Å². The predicted octanol–water partition coefficient (Wildman–Crippen LogP) is 1.79. The van der Waals surface area contributed by atoms with Gasteiger partial charge in [-0.05, 0) is 24.6 Å². The highest BCUT2D eigenvalue weighted by Crippen LogP contribution is 2.12. The van der Waals surface area contributed by atoms with Crippen molar-refractivity contribution >= 4 is 0 Å². The molecule has 0 saturated carbocycles. The first-order valence-corrected chi connectivity index (χ1v) is 3.27. The summed E-state index contributed by atoms with van der Waals surface area (Å²) in [5.41, 5.74) is 1.16. The third-order valence-electron chi connectivity index (χ3n) is 1.53. The summed E-state index contributed by atoms with van der Waals surface area (Å²) in [5.74, 6) is 0. The Bertz CT molecular complexity index is 186. The number of hydrogen-bond acceptors (Lipinski definition) is 2. The minimum atomic E-state index is 0.169. The van der Waals surface area contributed by atoms with E-state index >= 15 is 0 Å². The summed E-state index contributed by atoms with van der Waals surface area (Å²) >= 11 is 0. The highest BCUT2D eigenvalue weighted by atomic mass is 16.5. The summed E-state index contributed by atoms with van der Waals surface area (Å²) in [6, 6.07) is 3.91. The maximum Gasteiger partial charge on any atom is 0.0794 e. The number of ether oxygens (including phenoxy) is 1. The van der Waals surface area contributed by atoms with E-state index in [1.807, 2.05) is 19.1 Å². The van der Waals surface area contributed by atoms with Crippen LogP contribution in [0.3, 0.4) is 0 Å². The normalized spacial score (nSPS) is 13.0. The second-order valence-electron chi connectivity index (χ2n) is 2.16. The van der Waals surface area contributed by atoms with Crippen molar-refractivity contribution in [3.05, 3.63) is 30.1 Å². The lowest BCUT2D eigenvalue weighted by Gasteiger charge is -2.07. The van der Waals surface area contributed by atoms with Crippen molar-refractivity contribution in [2.45, 2.75) is 13.0 Å². The van der Waals surface area contributed by atoms with Gasteiger partial charge in [0, 0.05) is 19.5 Å². The van der Waals surface area contributed by atoms with Gasteiger partial charge in [-0.15, -0.1) is 0 Å². The van der Waals surface area contributed by atoms with Gasteiger partial charge in [-0.2, -0.15) is 0 Å². The molecule has 0 amide bonds. The first-order chi connectivity index (χ1) is 4.84. The Hall–Kier alpha value is -0.890. The zero-order valence-electron chi connectivity index (χ0n) is 6.24. The highest BCUT2D eigenvalue weighted by Gasteiger charge is 1.99. The summed E-state index contributed by atoms with van der Waals surface area (Å²) in [5, 5.41) is 0. The third-order valence-corrected chi connectivity index (χ3v) is 1.53. The van der Waals surface area contributed by atoms with Gasteiger partial charge in [-0.3, -0.25) is 4.98 Å². The van der Waals surface area contributed by atoms with E-state index in [9.17, 15) is 0 Å². The number of aromatic nitrogens is 1. The van der Waals surface area contributed by atoms with Gasteiger partial charge >= 0.3 is 0 Å². The molecule has 2 heteroatoms. The molecular weight excluding hydrogens is 126 g/mol. The summed E-state index contributed by atoms with van der Waals surface area (Å²) < 4.78 is 5.11. The van der Waals surface area contributed by atoms with Crippen LogP contribution in [-0.2, 0) is 4.74 Å². The quantitative estimate of drug-likeness (QED) is 0.620. The van der Waals surface area contributed by atoms with Crippen LogP contribution in [0.4, 0.5) is 0 Å². The zero-order valence-corrected chi connectivity index (χ0v) is 6.24. The molecule has 1 atom stereocenters. The molecule has 0 aliphatic rings. The van der Waals surface area contributed by atoms with Gasteiger partial charge in [0.25, 0.3) is 0 Å². The van der Waals surface area contributed by atoms with Crippen LogP contribution in [0.15, 0.2) is 24.5 Å². The molecular formula is C8H11NO. The van der Waals surface area contributed by atoms with Gasteiger partial charge < -0.3 is 4.74 Å². The summed E-state index contributed by atoms with van der Waals surface area (Å²) in [6.45, 7) is 2.01. The predicted molar refractivity (Wildman–Crippen MR) is 39.7 cm³/mol. The van der Waals surface area contributed by atoms with Gasteiger partial charge in [0.15, 0.2) is 0 Å². The van der Waals surface area contributed by atoms with Gasteiger partial charge in [0.05, 0.1) is 6.10 Å². The second kappa shape index (κ2) is 3.32. The van der Waals surface area contributed by atoms with Crippen molar-refractivity contribution in [3.63, 3.8) is 0 Å². The Morgan fingerprint density at radius 3 is 2.50 bits per heavy atom. The van der Waals surface area contributed by atoms with Gasteiger partial charge in [-0.1, -0.05) is 0 Å². The van der Waals surface area contributed by atoms with Crippen LogP contribution < -0.4 is 0 Å². The average Bonchev–Trinajstić information content (AvgIpc) is 2.05. The van der Waals surface area contributed by atoms with Crippen LogP contribution in [0.25, 0.3) is 0 Å². The minimum Gasteiger partial charge on any atom is -0.377 e. The van der Waals surface area contributed by atoms with Crippen LogP contribution in [0, 0.1) is 0 Å². The Labute approximate surface area is 60.9 Å². The SMILES string of the molecule is CO[C@H](C)c1ccncc1. The molecule has 0 aliphatic heterocycles. The van der Waals surface area contributed by atoms with Gasteiger partial charge in [0.1, 0.15) is 0 Å². The topological polar surface area (TPSA) is 22.1 Å². The molecule has 0 unspecified atom stereocenters. The Morgan fingerprint density at radius 2 is 2.00 bits per heavy atom. The number of rotatable bonds is 2. The van der Waals surface area contributed by atoms with Crippen molar-refractivity contribution in [1.82, 2.24) is 4.98 Å². The van der Waals surface area contributed by atoms with Crippen molar-refractivity contribution in [2.24, 2.45) is 0 Å². The van der Waals surface area contributed by atoms with Crippen LogP contribution in [0.2, 0.25) is 0 Å². The van der Waals surface area contributed by atoms with Crippen molar-refractivity contribution in [2.75, 3.05) is 7.11 Å². The molecule has 0 aromatic carbocycles. The smallest absolute Gasteiger partial charge is 0.0794 e. The second-order valence-corrected chi connectivity index (χ2v) is 2.16. The maximum absolute atomic E-state index is 5.11. The molecule has 0 fully saturated rings. The molecule has 1 rings (SSSR count). The lowest BCUT2D eigenvalue weighted by atomic mass is 10.2. The molecule has 1 aromatic rings. The van der Waals surface area contributed by atoms with Crippen molar-refractivity contribution in [3.8, 4) is 0 Å². The van der Waals surface area contributed by atoms with E-state index in [2.05, 4.69) is 4.98 Å². The number of nitrogens with zero attached hydrogens (tertiary/aromatic N) is 1. The van der Waals surface area contributed by atoms with Crippen LogP contribution in [0.5, 0.6) is 0 Å². The van der Waals surface area contributed by atoms with Crippen molar-refractivity contribution in [1.29, 1.82) is 0 Å². The van der Waals surface area contributed by atoms with E-state index in [4.69, 9.17) is 4.74 Å². The maximum atomic E-state index is 5.11. The van der Waals surface area contributed by atoms with Crippen LogP contribution in [0.1, 0.15) is 18.6 Å². The molecule has 0 aliphatic carbocycles. The fourth-order valence-corrected chi connectivity index (χ4v) is 0.771. The largest absolute Gasteiger partial charge is 0.377 e. The standard InChI is InChI=1S/C8H11NO/c1-7(10-2)8-3-5-9-6-4-8/h3-7H,1-2H3/t7-/m1/s1. The first-order valence-electron chi connectivity index (χ1n) is 3.27. The molecule has 0 radical (unpaired) electrons. The molecule has 0 spiro atoms. The lowest BCUT2D eigenvalue weighted by molar-refractivity contribution is 0.119. The average molecular weight is 137 g/mol. The number of hydrogen-bond donors (Lipinski definition) is 0. The molecule has 10 heavy (non-hydrogen) atoms. The summed E-state index contributed by atoms with van der Waals surface area (Å²) in [6.07, 6.45) is 3.71. The first kappa shape index (κ1) is 7.22. The van der Waals surface area contributed by atoms with E-state index < -0.39 is 0 Å². The van der Waals surface area contributed by atoms with Crippen LogP contribution >= 0.6 is 0 Å². The van der Waals surface area contributed by atoms with E-state index in [-0.39, 0.29) is 6.10 Å². The van der Waals surface area contributed by atoms with E-state index in [1.165, 1.54) is 0 Å². The Kier molecular flexibility index (Phi) is 2.40. The molecule has 0 N–H and O–H groups in total. The fourth-order valence-electron chi connectivity index (χ4n) is 0.771. The fraction of sp³-hybridized carbons (Fsp3) is 0.375.